The van der Waals surface area contributed by atoms with E-state index >= 15 is 0 Å². The first-order valence-corrected chi connectivity index (χ1v) is 22.3. The average molecular weight is 821 g/mol. The molecule has 63 heavy (non-hydrogen) atoms. The summed E-state index contributed by atoms with van der Waals surface area (Å²) in [7, 11) is 0. The number of hydrogen-bond acceptors (Lipinski definition) is 2. The summed E-state index contributed by atoms with van der Waals surface area (Å²) in [6.07, 6.45) is 0. The fourth-order valence-electron chi connectivity index (χ4n) is 9.54. The van der Waals surface area contributed by atoms with Crippen molar-refractivity contribution in [2.75, 3.05) is 4.90 Å². The zero-order chi connectivity index (χ0) is 41.7. The first-order chi connectivity index (χ1) is 31.3. The number of benzene rings is 10. The molecule has 0 aliphatic heterocycles. The number of rotatable bonds is 8. The fraction of sp³-hybridized carbons (Fsp3) is 0. The van der Waals surface area contributed by atoms with Crippen LogP contribution in [0.4, 0.5) is 17.1 Å². The van der Waals surface area contributed by atoms with Gasteiger partial charge in [-0.3, -0.25) is 0 Å². The van der Waals surface area contributed by atoms with E-state index in [9.17, 15) is 0 Å². The smallest absolute Gasteiger partial charge is 0.0618 e. The minimum atomic E-state index is 1.07. The molecule has 10 aromatic carbocycles. The van der Waals surface area contributed by atoms with Gasteiger partial charge in [-0.2, -0.15) is 0 Å². The summed E-state index contributed by atoms with van der Waals surface area (Å²) in [5.41, 5.74) is 16.2. The molecule has 12 aromatic rings. The molecule has 12 rings (SSSR count). The highest BCUT2D eigenvalue weighted by Gasteiger charge is 2.24. The topological polar surface area (TPSA) is 8.17 Å². The van der Waals surface area contributed by atoms with Crippen molar-refractivity contribution >= 4 is 70.4 Å². The summed E-state index contributed by atoms with van der Waals surface area (Å²) in [6.45, 7) is 0. The lowest BCUT2D eigenvalue weighted by atomic mass is 9.94. The Bertz CT molecular complexity index is 3550. The zero-order valence-electron chi connectivity index (χ0n) is 34.4. The summed E-state index contributed by atoms with van der Waals surface area (Å²) in [4.78, 5) is 2.48. The molecular weight excluding hydrogens is 781 g/mol. The van der Waals surface area contributed by atoms with Crippen molar-refractivity contribution in [1.29, 1.82) is 0 Å². The van der Waals surface area contributed by atoms with Gasteiger partial charge in [-0.05, 0) is 64.7 Å². The fourth-order valence-corrected chi connectivity index (χ4v) is 10.8. The van der Waals surface area contributed by atoms with Gasteiger partial charge in [-0.25, -0.2) is 0 Å². The number of anilines is 3. The van der Waals surface area contributed by atoms with Crippen LogP contribution in [0.15, 0.2) is 243 Å². The van der Waals surface area contributed by atoms with Crippen molar-refractivity contribution in [3.8, 4) is 50.2 Å². The van der Waals surface area contributed by atoms with Crippen molar-refractivity contribution in [2.45, 2.75) is 0 Å². The maximum absolute atomic E-state index is 2.49. The van der Waals surface area contributed by atoms with Gasteiger partial charge in [0.25, 0.3) is 0 Å². The van der Waals surface area contributed by atoms with E-state index in [1.165, 1.54) is 58.7 Å². The summed E-state index contributed by atoms with van der Waals surface area (Å²) < 4.78 is 5.11. The highest BCUT2D eigenvalue weighted by molar-refractivity contribution is 7.26. The summed E-state index contributed by atoms with van der Waals surface area (Å²) in [5.74, 6) is 0. The van der Waals surface area contributed by atoms with Crippen LogP contribution < -0.4 is 4.90 Å². The Morgan fingerprint density at radius 1 is 0.317 bits per heavy atom. The molecule has 2 nitrogen and oxygen atoms in total. The quantitative estimate of drug-likeness (QED) is 0.148. The van der Waals surface area contributed by atoms with Gasteiger partial charge in [0.2, 0.25) is 0 Å². The minimum Gasteiger partial charge on any atom is -0.309 e. The summed E-state index contributed by atoms with van der Waals surface area (Å²) >= 11 is 1.88. The van der Waals surface area contributed by atoms with Crippen molar-refractivity contribution in [3.05, 3.63) is 243 Å². The highest BCUT2D eigenvalue weighted by Crippen LogP contribution is 2.49. The number of fused-ring (bicyclic) bond motifs is 6. The second-order valence-electron chi connectivity index (χ2n) is 16.0. The molecule has 0 aliphatic rings. The lowest BCUT2D eigenvalue weighted by molar-refractivity contribution is 1.18. The van der Waals surface area contributed by atoms with Crippen LogP contribution in [0.1, 0.15) is 0 Å². The highest BCUT2D eigenvalue weighted by atomic mass is 32.1. The Morgan fingerprint density at radius 3 is 1.56 bits per heavy atom. The number of thiophene rings is 1. The van der Waals surface area contributed by atoms with E-state index in [4.69, 9.17) is 0 Å². The molecular formula is C60H40N2S. The molecule has 0 saturated heterocycles. The number of nitrogens with zero attached hydrogens (tertiary/aromatic N) is 2. The van der Waals surface area contributed by atoms with Crippen LogP contribution in [-0.2, 0) is 0 Å². The number of para-hydroxylation sites is 3. The predicted octanol–water partition coefficient (Wildman–Crippen LogP) is 17.3. The third-order valence-corrected chi connectivity index (χ3v) is 13.6. The molecule has 0 atom stereocenters. The second kappa shape index (κ2) is 15.5. The SMILES string of the molecule is c1ccc(-c2ccc(N(c3ccc4c5ccccc5n(-c5ccccc5-c5cccc6c5sc5ccccc56)c4c3)c3c(-c4ccccc4)cccc3-c3ccccc3)cc2)cc1. The Labute approximate surface area is 370 Å². The lowest BCUT2D eigenvalue weighted by Gasteiger charge is -2.31. The van der Waals surface area contributed by atoms with Crippen molar-refractivity contribution in [1.82, 2.24) is 4.57 Å². The molecule has 0 aliphatic carbocycles. The van der Waals surface area contributed by atoms with E-state index in [1.807, 2.05) is 11.3 Å². The third kappa shape index (κ3) is 6.33. The summed E-state index contributed by atoms with van der Waals surface area (Å²) in [6, 6.07) is 88.4. The zero-order valence-corrected chi connectivity index (χ0v) is 35.2. The maximum atomic E-state index is 2.49. The van der Waals surface area contributed by atoms with E-state index in [1.54, 1.807) is 0 Å². The van der Waals surface area contributed by atoms with Crippen LogP contribution in [-0.4, -0.2) is 4.57 Å². The van der Waals surface area contributed by atoms with E-state index in [-0.39, 0.29) is 0 Å². The third-order valence-electron chi connectivity index (χ3n) is 12.4. The van der Waals surface area contributed by atoms with Crippen LogP contribution >= 0.6 is 11.3 Å². The number of hydrogen-bond donors (Lipinski definition) is 0. The van der Waals surface area contributed by atoms with Crippen molar-refractivity contribution in [2.24, 2.45) is 0 Å². The van der Waals surface area contributed by atoms with Gasteiger partial charge >= 0.3 is 0 Å². The Kier molecular flexibility index (Phi) is 9.06. The minimum absolute atomic E-state index is 1.07. The van der Waals surface area contributed by atoms with E-state index in [2.05, 4.69) is 252 Å². The molecule has 0 bridgehead atoms. The van der Waals surface area contributed by atoms with Crippen LogP contribution in [0.2, 0.25) is 0 Å². The first kappa shape index (κ1) is 36.8. The van der Waals surface area contributed by atoms with E-state index in [0.29, 0.717) is 0 Å². The van der Waals surface area contributed by atoms with Gasteiger partial charge in [0.1, 0.15) is 0 Å². The van der Waals surface area contributed by atoms with Gasteiger partial charge in [0.05, 0.1) is 22.4 Å². The molecule has 0 fully saturated rings. The molecule has 0 saturated carbocycles. The van der Waals surface area contributed by atoms with Crippen LogP contribution in [0, 0.1) is 0 Å². The van der Waals surface area contributed by atoms with Gasteiger partial charge in [0, 0.05) is 64.6 Å². The molecule has 0 amide bonds. The molecule has 3 heteroatoms. The Morgan fingerprint density at radius 2 is 0.825 bits per heavy atom. The average Bonchev–Trinajstić information content (AvgIpc) is 3.91. The summed E-state index contributed by atoms with van der Waals surface area (Å²) in [5, 5.41) is 5.04. The first-order valence-electron chi connectivity index (χ1n) is 21.5. The molecule has 2 heterocycles. The molecule has 0 N–H and O–H groups in total. The van der Waals surface area contributed by atoms with Crippen LogP contribution in [0.25, 0.3) is 92.2 Å². The van der Waals surface area contributed by atoms with Gasteiger partial charge < -0.3 is 9.47 Å². The standard InChI is InChI=1S/C60H40N2S/c1-4-18-41(19-5-1)42-34-36-45(37-35-42)61(59-47(43-20-6-2-7-21-43)27-16-28-48(59)44-22-8-3-9-23-44)46-38-39-51-49-24-10-13-31-55(49)62(57(51)40-46)56-32-14-11-25-50(56)53-29-17-30-54-52-26-12-15-33-58(52)63-60(53)54/h1-40H. The van der Waals surface area contributed by atoms with Crippen LogP contribution in [0.3, 0.4) is 0 Å². The molecule has 0 radical (unpaired) electrons. The normalized spacial score (nSPS) is 11.5. The van der Waals surface area contributed by atoms with Gasteiger partial charge in [0.15, 0.2) is 0 Å². The van der Waals surface area contributed by atoms with Gasteiger partial charge in [-0.1, -0.05) is 200 Å². The monoisotopic (exact) mass is 820 g/mol. The van der Waals surface area contributed by atoms with Crippen molar-refractivity contribution < 1.29 is 0 Å². The number of aromatic nitrogens is 1. The van der Waals surface area contributed by atoms with Crippen molar-refractivity contribution in [3.63, 3.8) is 0 Å². The Hall–Kier alpha value is -7.98. The Balaban J connectivity index is 1.13. The molecule has 0 unspecified atom stereocenters. The van der Waals surface area contributed by atoms with E-state index < -0.39 is 0 Å². The maximum Gasteiger partial charge on any atom is 0.0618 e. The molecule has 296 valence electrons. The lowest BCUT2D eigenvalue weighted by Crippen LogP contribution is -2.13. The van der Waals surface area contributed by atoms with E-state index in [0.717, 1.165) is 50.5 Å². The van der Waals surface area contributed by atoms with Crippen LogP contribution in [0.5, 0.6) is 0 Å². The second-order valence-corrected chi connectivity index (χ2v) is 17.1. The predicted molar refractivity (Wildman–Crippen MR) is 270 cm³/mol. The van der Waals surface area contributed by atoms with Gasteiger partial charge in [-0.15, -0.1) is 11.3 Å². The largest absolute Gasteiger partial charge is 0.309 e. The molecule has 0 spiro atoms. The molecule has 2 aromatic heterocycles.